The Morgan fingerprint density at radius 3 is 2.25 bits per heavy atom. The van der Waals surface area contributed by atoms with Crippen LogP contribution in [0.3, 0.4) is 0 Å². The number of fused-ring (bicyclic) bond motifs is 1. The molecule has 1 aromatic heterocycles. The van der Waals surface area contributed by atoms with Crippen LogP contribution in [-0.4, -0.2) is 42.9 Å². The number of ether oxygens (including phenoxy) is 3. The normalized spacial score (nSPS) is 14.1. The number of hydrogen-bond donors (Lipinski definition) is 3. The number of carbonyl (C=O) groups excluding carboxylic acids is 2. The quantitative estimate of drug-likeness (QED) is 0.286. The van der Waals surface area contributed by atoms with Gasteiger partial charge in [0.05, 0.1) is 38.8 Å². The zero-order valence-corrected chi connectivity index (χ0v) is 22.5. The highest BCUT2D eigenvalue weighted by Crippen LogP contribution is 2.41. The van der Waals surface area contributed by atoms with E-state index in [0.29, 0.717) is 56.8 Å². The van der Waals surface area contributed by atoms with E-state index in [4.69, 9.17) is 14.2 Å². The van der Waals surface area contributed by atoms with Gasteiger partial charge in [-0.3, -0.25) is 9.59 Å². The first-order chi connectivity index (χ1) is 19.4. The fraction of sp³-hybridized carbons (Fsp3) is 0.167. The maximum Gasteiger partial charge on any atom is 0.261 e. The maximum absolute atomic E-state index is 13.9. The van der Waals surface area contributed by atoms with Gasteiger partial charge in [-0.15, -0.1) is 0 Å². The molecule has 0 spiro atoms. The Morgan fingerprint density at radius 1 is 0.825 bits per heavy atom. The molecule has 2 amide bonds. The molecule has 4 aromatic rings. The third kappa shape index (κ3) is 4.94. The molecule has 10 nitrogen and oxygen atoms in total. The van der Waals surface area contributed by atoms with Crippen LogP contribution in [0.4, 0.5) is 17.2 Å². The lowest BCUT2D eigenvalue weighted by Crippen LogP contribution is -2.32. The van der Waals surface area contributed by atoms with E-state index < -0.39 is 6.04 Å². The van der Waals surface area contributed by atoms with Crippen molar-refractivity contribution in [3.05, 3.63) is 101 Å². The van der Waals surface area contributed by atoms with Crippen LogP contribution in [0.1, 0.15) is 28.9 Å². The van der Waals surface area contributed by atoms with Crippen LogP contribution in [-0.2, 0) is 4.79 Å². The second-order valence-corrected chi connectivity index (χ2v) is 9.01. The van der Waals surface area contributed by atoms with Gasteiger partial charge >= 0.3 is 0 Å². The van der Waals surface area contributed by atoms with Gasteiger partial charge in [0.2, 0.25) is 0 Å². The Kier molecular flexibility index (Phi) is 7.41. The van der Waals surface area contributed by atoms with Crippen LogP contribution in [0, 0.1) is 0 Å². The summed E-state index contributed by atoms with van der Waals surface area (Å²) in [4.78, 5) is 27.1. The molecule has 0 radical (unpaired) electrons. The van der Waals surface area contributed by atoms with Gasteiger partial charge < -0.3 is 30.2 Å². The summed E-state index contributed by atoms with van der Waals surface area (Å²) in [5, 5.41) is 13.7. The number of aromatic nitrogens is 2. The summed E-state index contributed by atoms with van der Waals surface area (Å²) >= 11 is 0. The summed E-state index contributed by atoms with van der Waals surface area (Å²) in [5.74, 6) is 1.34. The van der Waals surface area contributed by atoms with E-state index in [1.165, 1.54) is 6.20 Å². The molecule has 0 fully saturated rings. The predicted octanol–water partition coefficient (Wildman–Crippen LogP) is 5.09. The average Bonchev–Trinajstić information content (AvgIpc) is 3.40. The second-order valence-electron chi connectivity index (χ2n) is 9.01. The molecule has 0 bridgehead atoms. The Balaban J connectivity index is 1.59. The van der Waals surface area contributed by atoms with Gasteiger partial charge in [-0.1, -0.05) is 36.4 Å². The Morgan fingerprint density at radius 2 is 1.52 bits per heavy atom. The van der Waals surface area contributed by atoms with E-state index >= 15 is 0 Å². The summed E-state index contributed by atoms with van der Waals surface area (Å²) < 4.78 is 18.0. The van der Waals surface area contributed by atoms with Crippen molar-refractivity contribution in [2.75, 3.05) is 37.3 Å². The van der Waals surface area contributed by atoms with Crippen molar-refractivity contribution in [3.63, 3.8) is 0 Å². The molecule has 3 aromatic carbocycles. The number of nitrogens with zero attached hydrogens (tertiary/aromatic N) is 2. The van der Waals surface area contributed by atoms with Crippen LogP contribution >= 0.6 is 0 Å². The van der Waals surface area contributed by atoms with Gasteiger partial charge in [0.15, 0.2) is 11.5 Å². The lowest BCUT2D eigenvalue weighted by atomic mass is 9.94. The van der Waals surface area contributed by atoms with Crippen LogP contribution in [0.25, 0.3) is 0 Å². The molecule has 204 valence electrons. The molecule has 0 aliphatic carbocycles. The topological polar surface area (TPSA) is 116 Å². The molecule has 0 saturated carbocycles. The molecule has 1 aliphatic rings. The molecular weight excluding hydrogens is 510 g/mol. The molecule has 0 saturated heterocycles. The van der Waals surface area contributed by atoms with E-state index in [-0.39, 0.29) is 11.8 Å². The largest absolute Gasteiger partial charge is 0.495 e. The van der Waals surface area contributed by atoms with Crippen molar-refractivity contribution in [3.8, 4) is 17.2 Å². The average molecular weight is 540 g/mol. The summed E-state index contributed by atoms with van der Waals surface area (Å²) in [6.07, 6.45) is 1.49. The molecular formula is C30H29N5O5. The zero-order chi connectivity index (χ0) is 28.2. The van der Waals surface area contributed by atoms with E-state index in [1.54, 1.807) is 69.3 Å². The predicted molar refractivity (Wildman–Crippen MR) is 152 cm³/mol. The molecule has 40 heavy (non-hydrogen) atoms. The summed E-state index contributed by atoms with van der Waals surface area (Å²) in [7, 11) is 4.65. The van der Waals surface area contributed by atoms with Gasteiger partial charge in [0.1, 0.15) is 23.2 Å². The molecule has 3 N–H and O–H groups in total. The van der Waals surface area contributed by atoms with Crippen LogP contribution in [0.2, 0.25) is 0 Å². The maximum atomic E-state index is 13.9. The highest BCUT2D eigenvalue weighted by Gasteiger charge is 2.36. The number of amides is 2. The van der Waals surface area contributed by atoms with Gasteiger partial charge in [-0.2, -0.15) is 5.10 Å². The molecule has 1 atom stereocenters. The fourth-order valence-corrected chi connectivity index (χ4v) is 4.70. The molecule has 1 aliphatic heterocycles. The third-order valence-corrected chi connectivity index (χ3v) is 6.62. The summed E-state index contributed by atoms with van der Waals surface area (Å²) in [6, 6.07) is 21.1. The van der Waals surface area contributed by atoms with E-state index in [9.17, 15) is 9.59 Å². The van der Waals surface area contributed by atoms with Crippen LogP contribution in [0.5, 0.6) is 17.2 Å². The minimum atomic E-state index is -0.691. The summed E-state index contributed by atoms with van der Waals surface area (Å²) in [6.45, 7) is 1.79. The second kappa shape index (κ2) is 11.2. The van der Waals surface area contributed by atoms with Gasteiger partial charge in [-0.05, 0) is 48.9 Å². The number of benzene rings is 3. The number of anilines is 3. The van der Waals surface area contributed by atoms with E-state index in [2.05, 4.69) is 21.0 Å². The molecule has 10 heteroatoms. The minimum Gasteiger partial charge on any atom is -0.495 e. The van der Waals surface area contributed by atoms with Crippen molar-refractivity contribution >= 4 is 29.0 Å². The number of methoxy groups -OCH3 is 3. The number of hydrogen-bond acceptors (Lipinski definition) is 7. The minimum absolute atomic E-state index is 0.331. The SMILES string of the molecule is COc1ccccc1NC(=O)C1=C(C)Nc2c(C(=O)Nc3ccccc3)cnn2[C@H]1c1ccc(OC)c(OC)c1. The number of para-hydroxylation sites is 3. The van der Waals surface area contributed by atoms with Crippen molar-refractivity contribution in [2.24, 2.45) is 0 Å². The van der Waals surface area contributed by atoms with Gasteiger partial charge in [0.25, 0.3) is 11.8 Å². The van der Waals surface area contributed by atoms with Gasteiger partial charge in [0, 0.05) is 11.4 Å². The number of nitrogens with one attached hydrogen (secondary N) is 3. The Labute approximate surface area is 231 Å². The molecule has 0 unspecified atom stereocenters. The van der Waals surface area contributed by atoms with Crippen molar-refractivity contribution < 1.29 is 23.8 Å². The van der Waals surface area contributed by atoms with Crippen molar-refractivity contribution in [1.82, 2.24) is 9.78 Å². The molecule has 5 rings (SSSR count). The Hall–Kier alpha value is -5.25. The highest BCUT2D eigenvalue weighted by molar-refractivity contribution is 6.09. The first-order valence-corrected chi connectivity index (χ1v) is 12.5. The fourth-order valence-electron chi connectivity index (χ4n) is 4.70. The van der Waals surface area contributed by atoms with Gasteiger partial charge in [-0.25, -0.2) is 4.68 Å². The molecule has 2 heterocycles. The van der Waals surface area contributed by atoms with Crippen molar-refractivity contribution in [1.29, 1.82) is 0 Å². The van der Waals surface area contributed by atoms with E-state index in [1.807, 2.05) is 36.4 Å². The smallest absolute Gasteiger partial charge is 0.261 e. The monoisotopic (exact) mass is 539 g/mol. The van der Waals surface area contributed by atoms with Crippen LogP contribution < -0.4 is 30.2 Å². The van der Waals surface area contributed by atoms with Crippen molar-refractivity contribution in [2.45, 2.75) is 13.0 Å². The lowest BCUT2D eigenvalue weighted by molar-refractivity contribution is -0.113. The Bertz CT molecular complexity index is 1600. The number of carbonyl (C=O) groups is 2. The highest BCUT2D eigenvalue weighted by atomic mass is 16.5. The lowest BCUT2D eigenvalue weighted by Gasteiger charge is -2.30. The zero-order valence-electron chi connectivity index (χ0n) is 22.5. The number of rotatable bonds is 8. The first-order valence-electron chi connectivity index (χ1n) is 12.5. The van der Waals surface area contributed by atoms with Crippen LogP contribution in [0.15, 0.2) is 90.3 Å². The standard InChI is InChI=1S/C30H29N5O5/c1-18-26(30(37)34-22-12-8-9-13-23(22)38-2)27(19-14-15-24(39-3)25(16-19)40-4)35-28(32-18)21(17-31-35)29(36)33-20-10-6-5-7-11-20/h5-17,27,32H,1-4H3,(H,33,36)(H,34,37)/t27-/m0/s1. The summed E-state index contributed by atoms with van der Waals surface area (Å²) in [5.41, 5.74) is 3.19. The van der Waals surface area contributed by atoms with E-state index in [0.717, 1.165) is 0 Å². The number of allylic oxidation sites excluding steroid dienone is 1. The third-order valence-electron chi connectivity index (χ3n) is 6.62. The first kappa shape index (κ1) is 26.4.